The Balaban J connectivity index is 2.14. The number of aliphatic imine (C=N–C) groups is 1. The van der Waals surface area contributed by atoms with E-state index < -0.39 is 5.97 Å². The van der Waals surface area contributed by atoms with Gasteiger partial charge in [-0.05, 0) is 36.5 Å². The van der Waals surface area contributed by atoms with Gasteiger partial charge in [0.2, 0.25) is 0 Å². The number of nitrogens with zero attached hydrogens (tertiary/aromatic N) is 1. The average Bonchev–Trinajstić information content (AvgIpc) is 2.49. The van der Waals surface area contributed by atoms with Crippen LogP contribution in [0, 0.1) is 6.92 Å². The van der Waals surface area contributed by atoms with Crippen molar-refractivity contribution in [1.29, 1.82) is 0 Å². The van der Waals surface area contributed by atoms with Crippen LogP contribution in [0.4, 0.5) is 5.69 Å². The van der Waals surface area contributed by atoms with Crippen LogP contribution in [0.15, 0.2) is 53.5 Å². The Morgan fingerprint density at radius 3 is 2.57 bits per heavy atom. The largest absolute Gasteiger partial charge is 0.478 e. The summed E-state index contributed by atoms with van der Waals surface area (Å²) in [5.74, 6) is -0.589. The molecule has 3 nitrogen and oxygen atoms in total. The molecule has 108 valence electrons. The molecule has 1 unspecified atom stereocenters. The summed E-state index contributed by atoms with van der Waals surface area (Å²) in [5.41, 5.74) is 2.93. The Labute approximate surface area is 125 Å². The number of aromatic carboxylic acids is 1. The van der Waals surface area contributed by atoms with Crippen LogP contribution < -0.4 is 0 Å². The number of para-hydroxylation sites is 1. The van der Waals surface area contributed by atoms with Gasteiger partial charge in [0.1, 0.15) is 0 Å². The van der Waals surface area contributed by atoms with Crippen LogP contribution in [0.1, 0.15) is 40.7 Å². The summed E-state index contributed by atoms with van der Waals surface area (Å²) < 4.78 is 0. The fraction of sp³-hybridized carbons (Fsp3) is 0.222. The lowest BCUT2D eigenvalue weighted by Crippen LogP contribution is -1.98. The minimum Gasteiger partial charge on any atom is -0.478 e. The van der Waals surface area contributed by atoms with E-state index in [0.29, 0.717) is 11.6 Å². The monoisotopic (exact) mass is 281 g/mol. The second-order valence-corrected chi connectivity index (χ2v) is 5.14. The zero-order valence-corrected chi connectivity index (χ0v) is 12.3. The molecule has 0 radical (unpaired) electrons. The molecule has 0 aromatic heterocycles. The minimum absolute atomic E-state index is 0.249. The third-order valence-corrected chi connectivity index (χ3v) is 3.52. The average molecular weight is 281 g/mol. The van der Waals surface area contributed by atoms with Gasteiger partial charge in [-0.1, -0.05) is 49.4 Å². The molecular formula is C18H19NO2. The van der Waals surface area contributed by atoms with Crippen molar-refractivity contribution in [2.75, 3.05) is 0 Å². The van der Waals surface area contributed by atoms with Gasteiger partial charge in [0.05, 0.1) is 11.3 Å². The number of benzene rings is 2. The molecule has 0 amide bonds. The number of hydrogen-bond acceptors (Lipinski definition) is 2. The molecule has 0 saturated heterocycles. The third kappa shape index (κ3) is 3.78. The molecule has 2 aromatic rings. The van der Waals surface area contributed by atoms with E-state index >= 15 is 0 Å². The molecule has 21 heavy (non-hydrogen) atoms. The topological polar surface area (TPSA) is 49.7 Å². The van der Waals surface area contributed by atoms with E-state index in [1.807, 2.05) is 37.4 Å². The Kier molecular flexibility index (Phi) is 4.88. The van der Waals surface area contributed by atoms with Gasteiger partial charge in [0.25, 0.3) is 0 Å². The smallest absolute Gasteiger partial charge is 0.337 e. The first-order valence-corrected chi connectivity index (χ1v) is 7.00. The Hall–Kier alpha value is -2.42. The van der Waals surface area contributed by atoms with Crippen LogP contribution in [-0.4, -0.2) is 17.3 Å². The molecule has 0 aliphatic rings. The third-order valence-electron chi connectivity index (χ3n) is 3.52. The van der Waals surface area contributed by atoms with Crippen molar-refractivity contribution in [3.05, 3.63) is 65.2 Å². The van der Waals surface area contributed by atoms with E-state index in [4.69, 9.17) is 0 Å². The molecule has 1 atom stereocenters. The Morgan fingerprint density at radius 2 is 1.90 bits per heavy atom. The van der Waals surface area contributed by atoms with E-state index in [1.54, 1.807) is 12.1 Å². The van der Waals surface area contributed by atoms with E-state index in [0.717, 1.165) is 12.0 Å². The van der Waals surface area contributed by atoms with Crippen LogP contribution in [0.2, 0.25) is 0 Å². The van der Waals surface area contributed by atoms with Crippen molar-refractivity contribution >= 4 is 17.9 Å². The molecule has 0 bridgehead atoms. The van der Waals surface area contributed by atoms with Crippen LogP contribution in [-0.2, 0) is 0 Å². The van der Waals surface area contributed by atoms with Gasteiger partial charge in [-0.2, -0.15) is 0 Å². The van der Waals surface area contributed by atoms with Crippen LogP contribution in [0.3, 0.4) is 0 Å². The van der Waals surface area contributed by atoms with Crippen molar-refractivity contribution in [3.63, 3.8) is 0 Å². The highest BCUT2D eigenvalue weighted by Gasteiger charge is 2.10. The van der Waals surface area contributed by atoms with E-state index in [2.05, 4.69) is 24.0 Å². The van der Waals surface area contributed by atoms with Gasteiger partial charge in [0, 0.05) is 6.21 Å². The molecule has 2 rings (SSSR count). The van der Waals surface area contributed by atoms with Gasteiger partial charge in [-0.25, -0.2) is 4.79 Å². The maximum absolute atomic E-state index is 11.2. The van der Waals surface area contributed by atoms with Gasteiger partial charge >= 0.3 is 5.97 Å². The summed E-state index contributed by atoms with van der Waals surface area (Å²) in [6, 6.07) is 15.4. The SMILES string of the molecule is Cc1cccc(C(=O)O)c1N=CCC(C)c1ccccc1. The first-order valence-electron chi connectivity index (χ1n) is 7.00. The van der Waals surface area contributed by atoms with E-state index in [9.17, 15) is 9.90 Å². The zero-order chi connectivity index (χ0) is 15.2. The van der Waals surface area contributed by atoms with Crippen molar-refractivity contribution in [3.8, 4) is 0 Å². The molecule has 0 heterocycles. The molecule has 0 aliphatic carbocycles. The fourth-order valence-corrected chi connectivity index (χ4v) is 2.22. The summed E-state index contributed by atoms with van der Waals surface area (Å²) in [6.45, 7) is 4.01. The number of carboxylic acid groups (broad SMARTS) is 1. The van der Waals surface area contributed by atoms with E-state index in [-0.39, 0.29) is 5.56 Å². The predicted molar refractivity (Wildman–Crippen MR) is 85.8 cm³/mol. The maximum atomic E-state index is 11.2. The first-order chi connectivity index (χ1) is 10.1. The Bertz CT molecular complexity index is 648. The lowest BCUT2D eigenvalue weighted by Gasteiger charge is -2.09. The fourth-order valence-electron chi connectivity index (χ4n) is 2.22. The molecule has 0 aliphatic heterocycles. The number of carboxylic acids is 1. The summed E-state index contributed by atoms with van der Waals surface area (Å²) in [4.78, 5) is 15.6. The molecule has 0 spiro atoms. The lowest BCUT2D eigenvalue weighted by atomic mass is 9.98. The molecule has 2 aromatic carbocycles. The van der Waals surface area contributed by atoms with Gasteiger partial charge in [-0.3, -0.25) is 4.99 Å². The van der Waals surface area contributed by atoms with E-state index in [1.165, 1.54) is 5.56 Å². The second-order valence-electron chi connectivity index (χ2n) is 5.14. The molecule has 0 fully saturated rings. The number of aryl methyl sites for hydroxylation is 1. The summed E-state index contributed by atoms with van der Waals surface area (Å²) in [7, 11) is 0. The lowest BCUT2D eigenvalue weighted by molar-refractivity contribution is 0.0698. The van der Waals surface area contributed by atoms with Crippen molar-refractivity contribution in [2.24, 2.45) is 4.99 Å². The summed E-state index contributed by atoms with van der Waals surface area (Å²) in [5, 5.41) is 9.20. The van der Waals surface area contributed by atoms with Crippen molar-refractivity contribution in [1.82, 2.24) is 0 Å². The summed E-state index contributed by atoms with van der Waals surface area (Å²) in [6.07, 6.45) is 2.59. The molecule has 0 saturated carbocycles. The van der Waals surface area contributed by atoms with Gasteiger partial charge in [0.15, 0.2) is 0 Å². The zero-order valence-electron chi connectivity index (χ0n) is 12.3. The normalized spacial score (nSPS) is 12.5. The highest BCUT2D eigenvalue weighted by Crippen LogP contribution is 2.24. The van der Waals surface area contributed by atoms with Gasteiger partial charge < -0.3 is 5.11 Å². The highest BCUT2D eigenvalue weighted by atomic mass is 16.4. The second kappa shape index (κ2) is 6.84. The van der Waals surface area contributed by atoms with Crippen LogP contribution in [0.25, 0.3) is 0 Å². The maximum Gasteiger partial charge on any atom is 0.337 e. The summed E-state index contributed by atoms with van der Waals surface area (Å²) >= 11 is 0. The van der Waals surface area contributed by atoms with Crippen molar-refractivity contribution < 1.29 is 9.90 Å². The number of hydrogen-bond donors (Lipinski definition) is 1. The van der Waals surface area contributed by atoms with Crippen LogP contribution >= 0.6 is 0 Å². The Morgan fingerprint density at radius 1 is 1.19 bits per heavy atom. The quantitative estimate of drug-likeness (QED) is 0.815. The van der Waals surface area contributed by atoms with Crippen LogP contribution in [0.5, 0.6) is 0 Å². The van der Waals surface area contributed by atoms with Gasteiger partial charge in [-0.15, -0.1) is 0 Å². The predicted octanol–water partition coefficient (Wildman–Crippen LogP) is 4.59. The number of rotatable bonds is 5. The van der Waals surface area contributed by atoms with Crippen molar-refractivity contribution in [2.45, 2.75) is 26.2 Å². The molecular weight excluding hydrogens is 262 g/mol. The highest BCUT2D eigenvalue weighted by molar-refractivity contribution is 5.94. The first kappa shape index (κ1) is 15.0. The molecule has 1 N–H and O–H groups in total. The standard InChI is InChI=1S/C18H19NO2/c1-13(15-8-4-3-5-9-15)11-12-19-17-14(2)7-6-10-16(17)18(20)21/h3-10,12-13H,11H2,1-2H3,(H,20,21). The molecule has 3 heteroatoms. The number of carbonyl (C=O) groups is 1. The minimum atomic E-state index is -0.943.